The third-order valence-electron chi connectivity index (χ3n) is 4.67. The lowest BCUT2D eigenvalue weighted by atomic mass is 10.1. The summed E-state index contributed by atoms with van der Waals surface area (Å²) in [7, 11) is 0. The molecular weight excluding hydrogens is 388 g/mol. The Morgan fingerprint density at radius 3 is 2.79 bits per heavy atom. The first-order valence-electron chi connectivity index (χ1n) is 9.25. The van der Waals surface area contributed by atoms with Gasteiger partial charge in [0.05, 0.1) is 22.1 Å². The Morgan fingerprint density at radius 1 is 1.14 bits per heavy atom. The van der Waals surface area contributed by atoms with Gasteiger partial charge in [-0.25, -0.2) is 0 Å². The van der Waals surface area contributed by atoms with Crippen molar-refractivity contribution in [2.75, 3.05) is 30.9 Å². The largest absolute Gasteiger partial charge is 0.490 e. The van der Waals surface area contributed by atoms with Crippen molar-refractivity contribution >= 4 is 39.7 Å². The number of thioether (sulfide) groups is 1. The molecule has 1 N–H and O–H groups in total. The second-order valence-corrected chi connectivity index (χ2v) is 8.40. The average molecular weight is 411 g/mol. The van der Waals surface area contributed by atoms with Gasteiger partial charge in [0.2, 0.25) is 0 Å². The van der Waals surface area contributed by atoms with Crippen molar-refractivity contribution in [2.45, 2.75) is 11.3 Å². The molecule has 6 heteroatoms. The van der Waals surface area contributed by atoms with Crippen LogP contribution in [0.15, 0.2) is 65.6 Å². The molecule has 1 aromatic heterocycles. The molecule has 0 radical (unpaired) electrons. The molecule has 144 valence electrons. The molecule has 0 aliphatic carbocycles. The van der Waals surface area contributed by atoms with E-state index in [1.54, 1.807) is 11.8 Å². The Morgan fingerprint density at radius 2 is 1.96 bits per heavy atom. The van der Waals surface area contributed by atoms with Crippen LogP contribution >= 0.6 is 23.1 Å². The lowest BCUT2D eigenvalue weighted by Crippen LogP contribution is -2.27. The zero-order valence-electron chi connectivity index (χ0n) is 15.7. The SMILES string of the molecule is CSc1ccc(CCNC(=O)c2ccc(N3CCOc4ccccc43)s2)cc1. The first-order chi connectivity index (χ1) is 13.7. The number of hydrogen-bond acceptors (Lipinski definition) is 5. The van der Waals surface area contributed by atoms with Gasteiger partial charge in [-0.1, -0.05) is 24.3 Å². The Labute approximate surface area is 173 Å². The van der Waals surface area contributed by atoms with Crippen LogP contribution in [0.3, 0.4) is 0 Å². The number of fused-ring (bicyclic) bond motifs is 1. The Hall–Kier alpha value is -2.44. The maximum absolute atomic E-state index is 12.5. The second kappa shape index (κ2) is 8.71. The Kier molecular flexibility index (Phi) is 5.88. The third-order valence-corrected chi connectivity index (χ3v) is 6.52. The van der Waals surface area contributed by atoms with Gasteiger partial charge in [0.1, 0.15) is 12.4 Å². The summed E-state index contributed by atoms with van der Waals surface area (Å²) < 4.78 is 5.72. The molecule has 0 unspecified atom stereocenters. The summed E-state index contributed by atoms with van der Waals surface area (Å²) in [5.41, 5.74) is 2.28. The van der Waals surface area contributed by atoms with E-state index in [0.717, 1.165) is 34.3 Å². The highest BCUT2D eigenvalue weighted by Gasteiger charge is 2.21. The van der Waals surface area contributed by atoms with E-state index < -0.39 is 0 Å². The van der Waals surface area contributed by atoms with E-state index in [1.807, 2.05) is 30.3 Å². The number of amides is 1. The summed E-state index contributed by atoms with van der Waals surface area (Å²) in [5, 5.41) is 4.10. The van der Waals surface area contributed by atoms with Crippen molar-refractivity contribution < 1.29 is 9.53 Å². The van der Waals surface area contributed by atoms with Gasteiger partial charge in [-0.15, -0.1) is 23.1 Å². The number of benzene rings is 2. The van der Waals surface area contributed by atoms with Crippen molar-refractivity contribution in [3.63, 3.8) is 0 Å². The smallest absolute Gasteiger partial charge is 0.261 e. The second-order valence-electron chi connectivity index (χ2n) is 6.46. The molecule has 4 nitrogen and oxygen atoms in total. The molecule has 0 spiro atoms. The summed E-state index contributed by atoms with van der Waals surface area (Å²) in [4.78, 5) is 16.7. The minimum absolute atomic E-state index is 0.0153. The molecule has 0 saturated carbocycles. The van der Waals surface area contributed by atoms with Gasteiger partial charge in [0, 0.05) is 11.4 Å². The number of nitrogens with zero attached hydrogens (tertiary/aromatic N) is 1. The predicted molar refractivity (Wildman–Crippen MR) is 118 cm³/mol. The molecule has 1 amide bonds. The van der Waals surface area contributed by atoms with Gasteiger partial charge >= 0.3 is 0 Å². The van der Waals surface area contributed by atoms with Gasteiger partial charge in [-0.05, 0) is 54.6 Å². The molecule has 0 bridgehead atoms. The number of nitrogens with one attached hydrogen (secondary N) is 1. The fourth-order valence-electron chi connectivity index (χ4n) is 3.19. The van der Waals surface area contributed by atoms with Crippen molar-refractivity contribution in [1.29, 1.82) is 0 Å². The monoisotopic (exact) mass is 410 g/mol. The number of carbonyl (C=O) groups excluding carboxylic acids is 1. The van der Waals surface area contributed by atoms with E-state index in [9.17, 15) is 4.79 Å². The van der Waals surface area contributed by atoms with Crippen LogP contribution in [0, 0.1) is 0 Å². The van der Waals surface area contributed by atoms with Crippen LogP contribution in [0.2, 0.25) is 0 Å². The molecule has 0 saturated heterocycles. The molecule has 0 atom stereocenters. The van der Waals surface area contributed by atoms with Crippen molar-refractivity contribution in [2.24, 2.45) is 0 Å². The quantitative estimate of drug-likeness (QED) is 0.583. The standard InChI is InChI=1S/C22H22N2O2S2/c1-27-17-8-6-16(7-9-17)12-13-23-22(25)20-10-11-21(28-20)24-14-15-26-19-5-3-2-4-18(19)24/h2-11H,12-15H2,1H3,(H,23,25). The summed E-state index contributed by atoms with van der Waals surface area (Å²) in [6, 6.07) is 20.4. The fourth-order valence-corrected chi connectivity index (χ4v) is 4.56. The molecule has 28 heavy (non-hydrogen) atoms. The lowest BCUT2D eigenvalue weighted by Gasteiger charge is -2.29. The Bertz CT molecular complexity index is 953. The van der Waals surface area contributed by atoms with Gasteiger partial charge < -0.3 is 15.0 Å². The van der Waals surface area contributed by atoms with Crippen LogP contribution in [-0.2, 0) is 6.42 Å². The molecule has 1 aliphatic heterocycles. The van der Waals surface area contributed by atoms with E-state index >= 15 is 0 Å². The van der Waals surface area contributed by atoms with Gasteiger partial charge in [-0.3, -0.25) is 4.79 Å². The average Bonchev–Trinajstić information content (AvgIpc) is 3.24. The summed E-state index contributed by atoms with van der Waals surface area (Å²) in [5.74, 6) is 0.874. The summed E-state index contributed by atoms with van der Waals surface area (Å²) in [6.45, 7) is 2.06. The molecular formula is C22H22N2O2S2. The number of carbonyl (C=O) groups is 1. The normalized spacial score (nSPS) is 13.0. The molecule has 4 rings (SSSR count). The summed E-state index contributed by atoms with van der Waals surface area (Å²) >= 11 is 3.25. The van der Waals surface area contributed by atoms with Gasteiger partial charge in [-0.2, -0.15) is 0 Å². The summed E-state index contributed by atoms with van der Waals surface area (Å²) in [6.07, 6.45) is 2.90. The van der Waals surface area contributed by atoms with Crippen LogP contribution in [0.4, 0.5) is 10.7 Å². The van der Waals surface area contributed by atoms with Crippen LogP contribution in [0.25, 0.3) is 0 Å². The topological polar surface area (TPSA) is 41.6 Å². The maximum Gasteiger partial charge on any atom is 0.261 e. The number of thiophene rings is 1. The molecule has 2 heterocycles. The highest BCUT2D eigenvalue weighted by Crippen LogP contribution is 2.39. The zero-order chi connectivity index (χ0) is 19.3. The van der Waals surface area contributed by atoms with Crippen molar-refractivity contribution in [1.82, 2.24) is 5.32 Å². The van der Waals surface area contributed by atoms with Crippen LogP contribution in [0.1, 0.15) is 15.2 Å². The highest BCUT2D eigenvalue weighted by atomic mass is 32.2. The third kappa shape index (κ3) is 4.18. The highest BCUT2D eigenvalue weighted by molar-refractivity contribution is 7.98. The van der Waals surface area contributed by atoms with Crippen molar-refractivity contribution in [3.05, 3.63) is 71.1 Å². The molecule has 2 aromatic carbocycles. The minimum atomic E-state index is -0.0153. The molecule has 0 fully saturated rings. The van der Waals surface area contributed by atoms with Crippen molar-refractivity contribution in [3.8, 4) is 5.75 Å². The van der Waals surface area contributed by atoms with Gasteiger partial charge in [0.25, 0.3) is 5.91 Å². The number of ether oxygens (including phenoxy) is 1. The maximum atomic E-state index is 12.5. The number of anilines is 2. The first kappa shape index (κ1) is 18.9. The number of hydrogen-bond donors (Lipinski definition) is 1. The van der Waals surface area contributed by atoms with E-state index in [0.29, 0.717) is 13.2 Å². The Balaban J connectivity index is 1.37. The van der Waals surface area contributed by atoms with Crippen LogP contribution < -0.4 is 15.0 Å². The minimum Gasteiger partial charge on any atom is -0.490 e. The van der Waals surface area contributed by atoms with Crippen LogP contribution in [-0.4, -0.2) is 31.9 Å². The lowest BCUT2D eigenvalue weighted by molar-refractivity contribution is 0.0958. The molecule has 1 aliphatic rings. The van der Waals surface area contributed by atoms with E-state index in [-0.39, 0.29) is 5.91 Å². The zero-order valence-corrected chi connectivity index (χ0v) is 17.3. The van der Waals surface area contributed by atoms with E-state index in [4.69, 9.17) is 4.74 Å². The predicted octanol–water partition coefficient (Wildman–Crippen LogP) is 4.97. The number of rotatable bonds is 6. The van der Waals surface area contributed by atoms with E-state index in [1.165, 1.54) is 21.8 Å². The van der Waals surface area contributed by atoms with E-state index in [2.05, 4.69) is 46.8 Å². The molecule has 3 aromatic rings. The van der Waals surface area contributed by atoms with Gasteiger partial charge in [0.15, 0.2) is 0 Å². The fraction of sp³-hybridized carbons (Fsp3) is 0.227. The number of para-hydroxylation sites is 2. The first-order valence-corrected chi connectivity index (χ1v) is 11.3. The van der Waals surface area contributed by atoms with Crippen LogP contribution in [0.5, 0.6) is 5.75 Å².